The third-order valence-electron chi connectivity index (χ3n) is 7.08. The fourth-order valence-electron chi connectivity index (χ4n) is 5.58. The standard InChI is InChI=1S/C26H34FN3O/c1-5-19-15-18-16-20(27)12-13-21(18)25(17(2)3)26(19,31)30(4)14-8-11-24-28-22-9-6-7-10-23(22)29-24/h6-7,9-10,12-13,16-17,19,25,31H,5,8,11,14-15H2,1-4H3,(H,28,29). The van der Waals surface area contributed by atoms with Crippen molar-refractivity contribution in [2.75, 3.05) is 13.6 Å². The van der Waals surface area contributed by atoms with Gasteiger partial charge in [0, 0.05) is 24.8 Å². The zero-order valence-corrected chi connectivity index (χ0v) is 19.0. The number of hydrogen-bond donors (Lipinski definition) is 2. The summed E-state index contributed by atoms with van der Waals surface area (Å²) >= 11 is 0. The summed E-state index contributed by atoms with van der Waals surface area (Å²) in [5.41, 5.74) is 3.23. The Morgan fingerprint density at radius 1 is 1.26 bits per heavy atom. The van der Waals surface area contributed by atoms with Gasteiger partial charge in [0.2, 0.25) is 0 Å². The van der Waals surface area contributed by atoms with E-state index in [1.807, 2.05) is 37.4 Å². The van der Waals surface area contributed by atoms with E-state index in [0.29, 0.717) is 6.42 Å². The maximum Gasteiger partial charge on any atom is 0.128 e. The van der Waals surface area contributed by atoms with Crippen molar-refractivity contribution in [1.29, 1.82) is 0 Å². The second-order valence-electron chi connectivity index (χ2n) is 9.38. The molecule has 0 spiro atoms. The van der Waals surface area contributed by atoms with E-state index in [2.05, 4.69) is 35.6 Å². The van der Waals surface area contributed by atoms with Crippen molar-refractivity contribution >= 4 is 11.0 Å². The lowest BCUT2D eigenvalue weighted by atomic mass is 9.65. The van der Waals surface area contributed by atoms with E-state index in [1.165, 1.54) is 6.07 Å². The van der Waals surface area contributed by atoms with Crippen LogP contribution in [0.5, 0.6) is 0 Å². The van der Waals surface area contributed by atoms with Gasteiger partial charge in [-0.1, -0.05) is 39.0 Å². The summed E-state index contributed by atoms with van der Waals surface area (Å²) in [5, 5.41) is 12.2. The van der Waals surface area contributed by atoms with Crippen LogP contribution >= 0.6 is 0 Å². The van der Waals surface area contributed by atoms with Crippen molar-refractivity contribution in [3.63, 3.8) is 0 Å². The number of para-hydroxylation sites is 2. The number of aromatic nitrogens is 2. The van der Waals surface area contributed by atoms with Crippen LogP contribution < -0.4 is 0 Å². The van der Waals surface area contributed by atoms with Crippen LogP contribution in [0, 0.1) is 17.7 Å². The van der Waals surface area contributed by atoms with Crippen molar-refractivity contribution in [1.82, 2.24) is 14.9 Å². The number of halogens is 1. The molecule has 5 heteroatoms. The highest BCUT2D eigenvalue weighted by Crippen LogP contribution is 2.49. The van der Waals surface area contributed by atoms with E-state index in [4.69, 9.17) is 0 Å². The molecule has 0 fully saturated rings. The van der Waals surface area contributed by atoms with Gasteiger partial charge in [0.15, 0.2) is 0 Å². The van der Waals surface area contributed by atoms with Gasteiger partial charge in [0.05, 0.1) is 11.0 Å². The van der Waals surface area contributed by atoms with Crippen molar-refractivity contribution in [3.05, 3.63) is 65.2 Å². The number of aromatic amines is 1. The van der Waals surface area contributed by atoms with Gasteiger partial charge >= 0.3 is 0 Å². The van der Waals surface area contributed by atoms with Gasteiger partial charge in [0.25, 0.3) is 0 Å². The molecular formula is C26H34FN3O. The molecule has 1 aromatic heterocycles. The lowest BCUT2D eigenvalue weighted by Gasteiger charge is -2.53. The first-order valence-electron chi connectivity index (χ1n) is 11.5. The number of rotatable bonds is 7. The quantitative estimate of drug-likeness (QED) is 0.509. The van der Waals surface area contributed by atoms with Crippen LogP contribution in [0.1, 0.15) is 56.5 Å². The Morgan fingerprint density at radius 3 is 2.74 bits per heavy atom. The third kappa shape index (κ3) is 4.01. The average molecular weight is 424 g/mol. The van der Waals surface area contributed by atoms with E-state index < -0.39 is 5.72 Å². The summed E-state index contributed by atoms with van der Waals surface area (Å²) in [6.07, 6.45) is 3.29. The number of nitrogens with zero attached hydrogens (tertiary/aromatic N) is 2. The number of likely N-dealkylation sites (N-methyl/N-ethyl adjacent to an activating group) is 1. The molecule has 3 unspecified atom stereocenters. The molecule has 0 aliphatic heterocycles. The number of H-pyrrole nitrogens is 1. The Kier molecular flexibility index (Phi) is 6.18. The fraction of sp³-hybridized carbons (Fsp3) is 0.500. The first kappa shape index (κ1) is 22.0. The molecule has 2 N–H and O–H groups in total. The first-order valence-corrected chi connectivity index (χ1v) is 11.5. The van der Waals surface area contributed by atoms with E-state index in [1.54, 1.807) is 6.07 Å². The normalized spacial score (nSPS) is 23.6. The maximum atomic E-state index is 13.9. The molecule has 3 atom stereocenters. The SMILES string of the molecule is CCC1Cc2cc(F)ccc2C(C(C)C)C1(O)N(C)CCCc1nc2ccccc2[nH]1. The minimum atomic E-state index is -0.957. The maximum absolute atomic E-state index is 13.9. The van der Waals surface area contributed by atoms with Gasteiger partial charge in [-0.2, -0.15) is 0 Å². The highest BCUT2D eigenvalue weighted by atomic mass is 19.1. The molecule has 4 nitrogen and oxygen atoms in total. The predicted molar refractivity (Wildman–Crippen MR) is 123 cm³/mol. The molecule has 31 heavy (non-hydrogen) atoms. The summed E-state index contributed by atoms with van der Waals surface area (Å²) in [7, 11) is 2.03. The Labute approximate surface area is 184 Å². The highest BCUT2D eigenvalue weighted by molar-refractivity contribution is 5.74. The molecule has 0 bridgehead atoms. The predicted octanol–water partition coefficient (Wildman–Crippen LogP) is 5.28. The van der Waals surface area contributed by atoms with E-state index >= 15 is 0 Å². The first-order chi connectivity index (χ1) is 14.8. The number of fused-ring (bicyclic) bond motifs is 2. The second-order valence-corrected chi connectivity index (χ2v) is 9.38. The number of aliphatic hydroxyl groups is 1. The molecule has 0 amide bonds. The van der Waals surface area contributed by atoms with E-state index in [9.17, 15) is 9.50 Å². The largest absolute Gasteiger partial charge is 0.375 e. The monoisotopic (exact) mass is 423 g/mol. The molecule has 4 rings (SSSR count). The van der Waals surface area contributed by atoms with Crippen molar-refractivity contribution in [2.45, 2.75) is 58.1 Å². The molecule has 166 valence electrons. The summed E-state index contributed by atoms with van der Waals surface area (Å²) in [6.45, 7) is 7.20. The van der Waals surface area contributed by atoms with Crippen molar-refractivity contribution in [3.8, 4) is 0 Å². The Bertz CT molecular complexity index is 1010. The molecule has 3 aromatic rings. The summed E-state index contributed by atoms with van der Waals surface area (Å²) in [6, 6.07) is 13.1. The average Bonchev–Trinajstić information content (AvgIpc) is 3.15. The summed E-state index contributed by atoms with van der Waals surface area (Å²) < 4.78 is 13.9. The Balaban J connectivity index is 1.54. The van der Waals surface area contributed by atoms with Crippen LogP contribution in [-0.4, -0.2) is 39.3 Å². The molecule has 1 heterocycles. The smallest absolute Gasteiger partial charge is 0.128 e. The molecule has 0 radical (unpaired) electrons. The van der Waals surface area contributed by atoms with Gasteiger partial charge < -0.3 is 10.1 Å². The lowest BCUT2D eigenvalue weighted by Crippen LogP contribution is -2.60. The molecule has 0 saturated heterocycles. The van der Waals surface area contributed by atoms with Crippen LogP contribution in [0.15, 0.2) is 42.5 Å². The second kappa shape index (κ2) is 8.71. The molecule has 1 aliphatic rings. The van der Waals surface area contributed by atoms with Gasteiger partial charge in [-0.05, 0) is 67.6 Å². The van der Waals surface area contributed by atoms with Crippen LogP contribution in [0.2, 0.25) is 0 Å². The zero-order chi connectivity index (χ0) is 22.2. The topological polar surface area (TPSA) is 52.1 Å². The number of benzene rings is 2. The molecule has 1 aliphatic carbocycles. The molecular weight excluding hydrogens is 389 g/mol. The van der Waals surface area contributed by atoms with Gasteiger partial charge in [-0.3, -0.25) is 4.90 Å². The van der Waals surface area contributed by atoms with E-state index in [0.717, 1.165) is 53.8 Å². The minimum absolute atomic E-state index is 0.0574. The van der Waals surface area contributed by atoms with Gasteiger partial charge in [0.1, 0.15) is 17.4 Å². The van der Waals surface area contributed by atoms with Crippen molar-refractivity contribution < 1.29 is 9.50 Å². The molecule has 2 aromatic carbocycles. The van der Waals surface area contributed by atoms with E-state index in [-0.39, 0.29) is 23.6 Å². The lowest BCUT2D eigenvalue weighted by molar-refractivity contribution is -0.172. The van der Waals surface area contributed by atoms with Gasteiger partial charge in [-0.15, -0.1) is 0 Å². The third-order valence-corrected chi connectivity index (χ3v) is 7.08. The van der Waals surface area contributed by atoms with Crippen LogP contribution in [0.4, 0.5) is 4.39 Å². The van der Waals surface area contributed by atoms with Crippen LogP contribution in [0.3, 0.4) is 0 Å². The summed E-state index contributed by atoms with van der Waals surface area (Å²) in [5.74, 6) is 1.03. The zero-order valence-electron chi connectivity index (χ0n) is 19.0. The number of imidazole rings is 1. The minimum Gasteiger partial charge on any atom is -0.375 e. The van der Waals surface area contributed by atoms with Crippen LogP contribution in [0.25, 0.3) is 11.0 Å². The van der Waals surface area contributed by atoms with Gasteiger partial charge in [-0.25, -0.2) is 9.37 Å². The van der Waals surface area contributed by atoms with Crippen LogP contribution in [-0.2, 0) is 12.8 Å². The fourth-order valence-corrected chi connectivity index (χ4v) is 5.58. The highest BCUT2D eigenvalue weighted by Gasteiger charge is 2.51. The number of hydrogen-bond acceptors (Lipinski definition) is 3. The molecule has 0 saturated carbocycles. The number of nitrogens with one attached hydrogen (secondary N) is 1. The Morgan fingerprint density at radius 2 is 2.03 bits per heavy atom. The Hall–Kier alpha value is -2.24. The number of aryl methyl sites for hydroxylation is 1. The summed E-state index contributed by atoms with van der Waals surface area (Å²) in [4.78, 5) is 10.2. The van der Waals surface area contributed by atoms with Crippen molar-refractivity contribution in [2.24, 2.45) is 11.8 Å².